The zero-order valence-electron chi connectivity index (χ0n) is 13.3. The molecule has 1 heterocycles. The third kappa shape index (κ3) is 5.61. The average molecular weight is 332 g/mol. The second kappa shape index (κ2) is 8.59. The Morgan fingerprint density at radius 1 is 0.913 bits per heavy atom. The molecule has 0 amide bonds. The van der Waals surface area contributed by atoms with E-state index >= 15 is 0 Å². The van der Waals surface area contributed by atoms with Gasteiger partial charge in [-0.3, -0.25) is 14.4 Å². The number of hydrogen-bond donors (Lipinski definition) is 0. The van der Waals surface area contributed by atoms with Gasteiger partial charge in [0.05, 0.1) is 6.10 Å². The summed E-state index contributed by atoms with van der Waals surface area (Å²) in [4.78, 5) is 44.4. The molecule has 0 N–H and O–H groups in total. The Balaban J connectivity index is 3.10. The molecule has 0 unspecified atom stereocenters. The summed E-state index contributed by atoms with van der Waals surface area (Å²) in [5, 5.41) is 0. The molecule has 0 aromatic carbocycles. The highest BCUT2D eigenvalue weighted by atomic mass is 16.7. The number of aldehydes is 1. The van der Waals surface area contributed by atoms with Crippen molar-refractivity contribution in [2.45, 2.75) is 58.4 Å². The van der Waals surface area contributed by atoms with E-state index in [2.05, 4.69) is 0 Å². The predicted molar refractivity (Wildman–Crippen MR) is 73.0 cm³/mol. The largest absolute Gasteiger partial charge is 0.456 e. The summed E-state index contributed by atoms with van der Waals surface area (Å²) >= 11 is 0. The van der Waals surface area contributed by atoms with Gasteiger partial charge >= 0.3 is 17.9 Å². The molecule has 1 aliphatic heterocycles. The third-order valence-corrected chi connectivity index (χ3v) is 2.96. The van der Waals surface area contributed by atoms with Crippen molar-refractivity contribution >= 4 is 24.2 Å². The summed E-state index contributed by atoms with van der Waals surface area (Å²) in [6.07, 6.45) is -4.66. The molecule has 0 aromatic heterocycles. The van der Waals surface area contributed by atoms with Crippen LogP contribution in [-0.2, 0) is 42.9 Å². The standard InChI is InChI=1S/C14H20O9/c1-7-11(21-8(2)16)12(22-9(3)17)13(23-10(4)18)14(20-7)19-6-5-15/h5,7,11-14H,6H2,1-4H3/t7-,11+,12+,13-,14-/m0/s1. The molecule has 5 atom stereocenters. The normalized spacial score (nSPS) is 30.2. The van der Waals surface area contributed by atoms with Gasteiger partial charge < -0.3 is 28.5 Å². The Morgan fingerprint density at radius 2 is 1.39 bits per heavy atom. The molecule has 0 saturated carbocycles. The molecule has 0 spiro atoms. The molecule has 0 aromatic rings. The number of ether oxygens (including phenoxy) is 5. The van der Waals surface area contributed by atoms with Crippen molar-refractivity contribution in [1.82, 2.24) is 0 Å². The molecule has 9 heteroatoms. The van der Waals surface area contributed by atoms with E-state index in [1.165, 1.54) is 6.92 Å². The van der Waals surface area contributed by atoms with E-state index in [0.29, 0.717) is 6.29 Å². The fourth-order valence-corrected chi connectivity index (χ4v) is 2.24. The van der Waals surface area contributed by atoms with Crippen LogP contribution in [0.3, 0.4) is 0 Å². The van der Waals surface area contributed by atoms with E-state index in [1.54, 1.807) is 6.92 Å². The van der Waals surface area contributed by atoms with E-state index in [-0.39, 0.29) is 6.61 Å². The van der Waals surface area contributed by atoms with Crippen molar-refractivity contribution in [1.29, 1.82) is 0 Å². The maximum Gasteiger partial charge on any atom is 0.303 e. The minimum absolute atomic E-state index is 0.305. The first-order valence-electron chi connectivity index (χ1n) is 6.98. The van der Waals surface area contributed by atoms with Gasteiger partial charge in [0.1, 0.15) is 12.9 Å². The molecule has 1 rings (SSSR count). The fourth-order valence-electron chi connectivity index (χ4n) is 2.24. The third-order valence-electron chi connectivity index (χ3n) is 2.96. The summed E-state index contributed by atoms with van der Waals surface area (Å²) in [5.74, 6) is -1.95. The summed E-state index contributed by atoms with van der Waals surface area (Å²) in [6, 6.07) is 0. The Hall–Kier alpha value is -2.00. The number of hydrogen-bond acceptors (Lipinski definition) is 9. The van der Waals surface area contributed by atoms with Crippen LogP contribution in [0.5, 0.6) is 0 Å². The molecule has 23 heavy (non-hydrogen) atoms. The first kappa shape index (κ1) is 19.0. The summed E-state index contributed by atoms with van der Waals surface area (Å²) in [6.45, 7) is 4.77. The lowest BCUT2D eigenvalue weighted by atomic mass is 9.99. The quantitative estimate of drug-likeness (QED) is 0.368. The second-order valence-corrected chi connectivity index (χ2v) is 4.93. The number of carbonyl (C=O) groups is 4. The van der Waals surface area contributed by atoms with Crippen molar-refractivity contribution in [3.63, 3.8) is 0 Å². The maximum atomic E-state index is 11.4. The van der Waals surface area contributed by atoms with Crippen molar-refractivity contribution in [3.8, 4) is 0 Å². The van der Waals surface area contributed by atoms with E-state index in [4.69, 9.17) is 23.7 Å². The fraction of sp³-hybridized carbons (Fsp3) is 0.714. The zero-order chi connectivity index (χ0) is 17.6. The van der Waals surface area contributed by atoms with Crippen LogP contribution in [0.15, 0.2) is 0 Å². The van der Waals surface area contributed by atoms with Crippen molar-refractivity contribution in [2.24, 2.45) is 0 Å². The monoisotopic (exact) mass is 332 g/mol. The van der Waals surface area contributed by atoms with E-state index in [0.717, 1.165) is 13.8 Å². The minimum atomic E-state index is -1.18. The van der Waals surface area contributed by atoms with Crippen LogP contribution in [0.2, 0.25) is 0 Å². The van der Waals surface area contributed by atoms with Crippen molar-refractivity contribution in [3.05, 3.63) is 0 Å². The highest BCUT2D eigenvalue weighted by molar-refractivity contribution is 5.68. The zero-order valence-corrected chi connectivity index (χ0v) is 13.3. The second-order valence-electron chi connectivity index (χ2n) is 4.93. The van der Waals surface area contributed by atoms with Crippen LogP contribution in [0, 0.1) is 0 Å². The van der Waals surface area contributed by atoms with E-state index in [1.807, 2.05) is 0 Å². The molecular formula is C14H20O9. The Bertz CT molecular complexity index is 461. The number of carbonyl (C=O) groups excluding carboxylic acids is 4. The highest BCUT2D eigenvalue weighted by Crippen LogP contribution is 2.29. The smallest absolute Gasteiger partial charge is 0.303 e. The Labute approximate surface area is 133 Å². The minimum Gasteiger partial charge on any atom is -0.456 e. The maximum absolute atomic E-state index is 11.4. The lowest BCUT2D eigenvalue weighted by Crippen LogP contribution is -2.61. The number of esters is 3. The van der Waals surface area contributed by atoms with Crippen molar-refractivity contribution < 1.29 is 42.9 Å². The molecule has 9 nitrogen and oxygen atoms in total. The lowest BCUT2D eigenvalue weighted by molar-refractivity contribution is -0.298. The summed E-state index contributed by atoms with van der Waals surface area (Å²) < 4.78 is 26.1. The number of rotatable bonds is 6. The van der Waals surface area contributed by atoms with Crippen LogP contribution in [0.25, 0.3) is 0 Å². The summed E-state index contributed by atoms with van der Waals surface area (Å²) in [7, 11) is 0. The molecule has 1 fully saturated rings. The van der Waals surface area contributed by atoms with E-state index < -0.39 is 48.6 Å². The van der Waals surface area contributed by atoms with Crippen LogP contribution in [0.1, 0.15) is 27.7 Å². The first-order chi connectivity index (χ1) is 10.8. The lowest BCUT2D eigenvalue weighted by Gasteiger charge is -2.43. The highest BCUT2D eigenvalue weighted by Gasteiger charge is 2.50. The van der Waals surface area contributed by atoms with Gasteiger partial charge in [0, 0.05) is 20.8 Å². The van der Waals surface area contributed by atoms with Gasteiger partial charge in [-0.05, 0) is 6.92 Å². The SMILES string of the molecule is CC(=O)O[C@H]1[C@H](OC(C)=O)[C@@H](OCC=O)O[C@@H](C)[C@H]1OC(C)=O. The Kier molecular flexibility index (Phi) is 7.11. The predicted octanol–water partition coefficient (Wildman–Crippen LogP) is -0.258. The van der Waals surface area contributed by atoms with Crippen molar-refractivity contribution in [2.75, 3.05) is 6.61 Å². The molecule has 130 valence electrons. The summed E-state index contributed by atoms with van der Waals surface area (Å²) in [5.41, 5.74) is 0. The average Bonchev–Trinajstić information content (AvgIpc) is 2.42. The molecule has 1 aliphatic rings. The van der Waals surface area contributed by atoms with Crippen LogP contribution in [-0.4, -0.2) is 61.5 Å². The molecule has 0 bridgehead atoms. The van der Waals surface area contributed by atoms with Gasteiger partial charge in [-0.15, -0.1) is 0 Å². The van der Waals surface area contributed by atoms with Gasteiger partial charge in [-0.2, -0.15) is 0 Å². The molecule has 1 saturated heterocycles. The van der Waals surface area contributed by atoms with Gasteiger partial charge in [0.2, 0.25) is 0 Å². The van der Waals surface area contributed by atoms with E-state index in [9.17, 15) is 19.2 Å². The van der Waals surface area contributed by atoms with Crippen LogP contribution < -0.4 is 0 Å². The molecule has 0 radical (unpaired) electrons. The topological polar surface area (TPSA) is 114 Å². The first-order valence-corrected chi connectivity index (χ1v) is 6.98. The van der Waals surface area contributed by atoms with Crippen LogP contribution in [0.4, 0.5) is 0 Å². The molecular weight excluding hydrogens is 312 g/mol. The van der Waals surface area contributed by atoms with Gasteiger partial charge in [0.25, 0.3) is 0 Å². The van der Waals surface area contributed by atoms with Crippen LogP contribution >= 0.6 is 0 Å². The van der Waals surface area contributed by atoms with Gasteiger partial charge in [-0.1, -0.05) is 0 Å². The van der Waals surface area contributed by atoms with Gasteiger partial charge in [-0.25, -0.2) is 0 Å². The van der Waals surface area contributed by atoms with Gasteiger partial charge in [0.15, 0.2) is 24.6 Å². The Morgan fingerprint density at radius 3 is 1.87 bits per heavy atom. The molecule has 0 aliphatic carbocycles.